The van der Waals surface area contributed by atoms with Crippen molar-refractivity contribution in [3.05, 3.63) is 23.8 Å². The molecule has 1 aliphatic rings. The Hall–Kier alpha value is -1.26. The van der Waals surface area contributed by atoms with Crippen molar-refractivity contribution in [3.8, 4) is 11.5 Å². The van der Waals surface area contributed by atoms with Crippen molar-refractivity contribution in [2.45, 2.75) is 50.7 Å². The van der Waals surface area contributed by atoms with Crippen molar-refractivity contribution >= 4 is 0 Å². The molecule has 0 bridgehead atoms. The Morgan fingerprint density at radius 2 is 1.95 bits per heavy atom. The first-order chi connectivity index (χ1) is 10.1. The van der Waals surface area contributed by atoms with Gasteiger partial charge in [-0.3, -0.25) is 0 Å². The molecule has 2 N–H and O–H groups in total. The lowest BCUT2D eigenvalue weighted by Gasteiger charge is -2.37. The second kappa shape index (κ2) is 7.14. The lowest BCUT2D eigenvalue weighted by molar-refractivity contribution is -0.0101. The van der Waals surface area contributed by atoms with E-state index in [2.05, 4.69) is 12.2 Å². The van der Waals surface area contributed by atoms with E-state index in [9.17, 15) is 5.11 Å². The van der Waals surface area contributed by atoms with Crippen molar-refractivity contribution in [1.82, 2.24) is 5.32 Å². The first-order valence-corrected chi connectivity index (χ1v) is 7.81. The van der Waals surface area contributed by atoms with Crippen LogP contribution in [0.4, 0.5) is 0 Å². The van der Waals surface area contributed by atoms with Crippen LogP contribution in [-0.2, 0) is 5.60 Å². The van der Waals surface area contributed by atoms with E-state index in [-0.39, 0.29) is 0 Å². The van der Waals surface area contributed by atoms with Crippen molar-refractivity contribution in [1.29, 1.82) is 0 Å². The van der Waals surface area contributed by atoms with Crippen LogP contribution >= 0.6 is 0 Å². The Bertz CT molecular complexity index is 453. The van der Waals surface area contributed by atoms with E-state index >= 15 is 0 Å². The molecule has 1 saturated carbocycles. The molecule has 0 amide bonds. The van der Waals surface area contributed by atoms with E-state index in [0.717, 1.165) is 50.0 Å². The van der Waals surface area contributed by atoms with Crippen LogP contribution in [0.25, 0.3) is 0 Å². The van der Waals surface area contributed by atoms with Crippen LogP contribution in [0.2, 0.25) is 0 Å². The normalized spacial score (nSPS) is 25.6. The highest BCUT2D eigenvalue weighted by Gasteiger charge is 2.36. The average molecular weight is 293 g/mol. The Kier molecular flexibility index (Phi) is 5.48. The number of methoxy groups -OCH3 is 2. The van der Waals surface area contributed by atoms with E-state index < -0.39 is 5.60 Å². The predicted molar refractivity (Wildman–Crippen MR) is 84.0 cm³/mol. The number of aliphatic hydroxyl groups is 1. The van der Waals surface area contributed by atoms with Gasteiger partial charge in [0.1, 0.15) is 11.5 Å². The summed E-state index contributed by atoms with van der Waals surface area (Å²) in [5, 5.41) is 14.6. The zero-order valence-corrected chi connectivity index (χ0v) is 13.3. The maximum absolute atomic E-state index is 11.0. The van der Waals surface area contributed by atoms with Gasteiger partial charge in [-0.05, 0) is 50.8 Å². The van der Waals surface area contributed by atoms with E-state index in [1.54, 1.807) is 14.2 Å². The molecule has 0 atom stereocenters. The number of rotatable bonds is 6. The summed E-state index contributed by atoms with van der Waals surface area (Å²) in [7, 11) is 3.27. The predicted octanol–water partition coefficient (Wildman–Crippen LogP) is 2.83. The van der Waals surface area contributed by atoms with Crippen molar-refractivity contribution in [2.75, 3.05) is 20.8 Å². The van der Waals surface area contributed by atoms with Gasteiger partial charge in [-0.2, -0.15) is 0 Å². The Morgan fingerprint density at radius 1 is 1.24 bits per heavy atom. The largest absolute Gasteiger partial charge is 0.497 e. The van der Waals surface area contributed by atoms with Crippen LogP contribution in [-0.4, -0.2) is 31.9 Å². The minimum atomic E-state index is -0.790. The fourth-order valence-electron chi connectivity index (χ4n) is 3.10. The summed E-state index contributed by atoms with van der Waals surface area (Å²) in [4.78, 5) is 0. The standard InChI is InChI=1S/C17H27NO3/c1-4-11-18-13-7-9-17(19,10-8-13)15-6-5-14(20-2)12-16(15)21-3/h5-6,12-13,18-19H,4,7-11H2,1-3H3. The molecule has 1 aromatic carbocycles. The lowest BCUT2D eigenvalue weighted by Crippen LogP contribution is -2.40. The number of ether oxygens (including phenoxy) is 2. The molecule has 0 heterocycles. The molecule has 4 nitrogen and oxygen atoms in total. The zero-order valence-electron chi connectivity index (χ0n) is 13.3. The van der Waals surface area contributed by atoms with Gasteiger partial charge >= 0.3 is 0 Å². The highest BCUT2D eigenvalue weighted by molar-refractivity contribution is 5.44. The average Bonchev–Trinajstić information content (AvgIpc) is 2.53. The second-order valence-electron chi connectivity index (χ2n) is 5.83. The maximum Gasteiger partial charge on any atom is 0.128 e. The van der Waals surface area contributed by atoms with Gasteiger partial charge in [0.25, 0.3) is 0 Å². The molecule has 1 fully saturated rings. The third kappa shape index (κ3) is 3.69. The molecule has 0 spiro atoms. The molecule has 0 unspecified atom stereocenters. The highest BCUT2D eigenvalue weighted by Crippen LogP contribution is 2.42. The molecule has 0 aromatic heterocycles. The van der Waals surface area contributed by atoms with Gasteiger partial charge in [-0.15, -0.1) is 0 Å². The van der Waals surface area contributed by atoms with Gasteiger partial charge in [0.15, 0.2) is 0 Å². The first-order valence-electron chi connectivity index (χ1n) is 7.81. The molecular weight excluding hydrogens is 266 g/mol. The fourth-order valence-corrected chi connectivity index (χ4v) is 3.10. The molecule has 1 aromatic rings. The summed E-state index contributed by atoms with van der Waals surface area (Å²) in [6, 6.07) is 6.18. The van der Waals surface area contributed by atoms with Crippen LogP contribution in [0, 0.1) is 0 Å². The number of benzene rings is 1. The molecule has 4 heteroatoms. The minimum absolute atomic E-state index is 0.523. The molecule has 0 radical (unpaired) electrons. The van der Waals surface area contributed by atoms with Crippen LogP contribution in [0.3, 0.4) is 0 Å². The molecule has 2 rings (SSSR count). The molecule has 118 valence electrons. The summed E-state index contributed by atoms with van der Waals surface area (Å²) in [6.07, 6.45) is 4.65. The van der Waals surface area contributed by atoms with Crippen LogP contribution in [0.5, 0.6) is 11.5 Å². The summed E-state index contributed by atoms with van der Waals surface area (Å²) >= 11 is 0. The van der Waals surface area contributed by atoms with Gasteiger partial charge in [0.2, 0.25) is 0 Å². The van der Waals surface area contributed by atoms with E-state index in [4.69, 9.17) is 9.47 Å². The SMILES string of the molecule is CCCNC1CCC(O)(c2ccc(OC)cc2OC)CC1. The zero-order chi connectivity index (χ0) is 15.3. The van der Waals surface area contributed by atoms with Crippen LogP contribution in [0.1, 0.15) is 44.6 Å². The van der Waals surface area contributed by atoms with E-state index in [0.29, 0.717) is 11.8 Å². The summed E-state index contributed by atoms with van der Waals surface area (Å²) < 4.78 is 10.7. The smallest absolute Gasteiger partial charge is 0.128 e. The number of hydrogen-bond donors (Lipinski definition) is 2. The molecule has 21 heavy (non-hydrogen) atoms. The number of nitrogens with one attached hydrogen (secondary N) is 1. The molecule has 0 saturated heterocycles. The Labute approximate surface area is 127 Å². The van der Waals surface area contributed by atoms with Crippen molar-refractivity contribution in [3.63, 3.8) is 0 Å². The summed E-state index contributed by atoms with van der Waals surface area (Å²) in [6.45, 7) is 3.23. The molecule has 0 aliphatic heterocycles. The summed E-state index contributed by atoms with van der Waals surface area (Å²) in [5.41, 5.74) is 0.0851. The Balaban J connectivity index is 2.11. The fraction of sp³-hybridized carbons (Fsp3) is 0.647. The topological polar surface area (TPSA) is 50.7 Å². The summed E-state index contributed by atoms with van der Waals surface area (Å²) in [5.74, 6) is 1.45. The van der Waals surface area contributed by atoms with Gasteiger partial charge < -0.3 is 19.9 Å². The quantitative estimate of drug-likeness (QED) is 0.847. The third-order valence-corrected chi connectivity index (χ3v) is 4.41. The minimum Gasteiger partial charge on any atom is -0.497 e. The first kappa shape index (κ1) is 16.1. The van der Waals surface area contributed by atoms with Crippen molar-refractivity contribution < 1.29 is 14.6 Å². The third-order valence-electron chi connectivity index (χ3n) is 4.41. The van der Waals surface area contributed by atoms with E-state index in [1.165, 1.54) is 0 Å². The van der Waals surface area contributed by atoms with Crippen LogP contribution in [0.15, 0.2) is 18.2 Å². The number of hydrogen-bond acceptors (Lipinski definition) is 4. The maximum atomic E-state index is 11.0. The monoisotopic (exact) mass is 293 g/mol. The Morgan fingerprint density at radius 3 is 2.52 bits per heavy atom. The van der Waals surface area contributed by atoms with Gasteiger partial charge in [-0.1, -0.05) is 6.92 Å². The highest BCUT2D eigenvalue weighted by atomic mass is 16.5. The van der Waals surface area contributed by atoms with E-state index in [1.807, 2.05) is 18.2 Å². The van der Waals surface area contributed by atoms with Gasteiger partial charge in [0, 0.05) is 17.7 Å². The molecular formula is C17H27NO3. The van der Waals surface area contributed by atoms with Gasteiger partial charge in [0.05, 0.1) is 19.8 Å². The molecule has 1 aliphatic carbocycles. The van der Waals surface area contributed by atoms with Crippen LogP contribution < -0.4 is 14.8 Å². The van der Waals surface area contributed by atoms with Gasteiger partial charge in [-0.25, -0.2) is 0 Å². The lowest BCUT2D eigenvalue weighted by atomic mass is 9.77. The second-order valence-corrected chi connectivity index (χ2v) is 5.83. The van der Waals surface area contributed by atoms with Crippen molar-refractivity contribution in [2.24, 2.45) is 0 Å².